The number of rotatable bonds is 4. The van der Waals surface area contributed by atoms with Crippen LogP contribution in [0.1, 0.15) is 57.8 Å². The number of carbonyl (C=O) groups excluding carboxylic acids is 1. The summed E-state index contributed by atoms with van der Waals surface area (Å²) in [6.45, 7) is 0. The van der Waals surface area contributed by atoms with E-state index in [9.17, 15) is 9.59 Å². The van der Waals surface area contributed by atoms with Crippen LogP contribution in [0.4, 0.5) is 0 Å². The molecule has 3 rings (SSSR count). The minimum Gasteiger partial charge on any atom is -0.481 e. The van der Waals surface area contributed by atoms with Crippen molar-refractivity contribution in [3.8, 4) is 0 Å². The van der Waals surface area contributed by atoms with Gasteiger partial charge in [-0.2, -0.15) is 0 Å². The molecule has 3 saturated carbocycles. The van der Waals surface area contributed by atoms with Crippen molar-refractivity contribution in [2.24, 2.45) is 23.7 Å². The number of hydrogen-bond donors (Lipinski definition) is 2. The van der Waals surface area contributed by atoms with Crippen molar-refractivity contribution in [3.63, 3.8) is 0 Å². The highest BCUT2D eigenvalue weighted by atomic mass is 16.4. The first-order valence-electron chi connectivity index (χ1n) is 8.18. The summed E-state index contributed by atoms with van der Waals surface area (Å²) >= 11 is 0. The number of carboxylic acids is 1. The summed E-state index contributed by atoms with van der Waals surface area (Å²) in [4.78, 5) is 23.2. The summed E-state index contributed by atoms with van der Waals surface area (Å²) < 4.78 is 0. The standard InChI is InChI=1S/C16H25NO3/c18-15(17-12-7-6-11(8-12)16(19)20)14-9-13(14)10-4-2-1-3-5-10/h10-14H,1-9H2,(H,17,18)(H,19,20)/t11-,12+,13?,14?/m0/s1. The fourth-order valence-corrected chi connectivity index (χ4v) is 4.24. The van der Waals surface area contributed by atoms with E-state index in [4.69, 9.17) is 5.11 Å². The minimum absolute atomic E-state index is 0.0937. The Labute approximate surface area is 120 Å². The fourth-order valence-electron chi connectivity index (χ4n) is 4.24. The van der Waals surface area contributed by atoms with Gasteiger partial charge in [0.1, 0.15) is 0 Å². The molecule has 3 fully saturated rings. The van der Waals surface area contributed by atoms with Crippen LogP contribution in [0.25, 0.3) is 0 Å². The van der Waals surface area contributed by atoms with E-state index in [-0.39, 0.29) is 23.8 Å². The Morgan fingerprint density at radius 3 is 2.35 bits per heavy atom. The molecule has 2 N–H and O–H groups in total. The lowest BCUT2D eigenvalue weighted by Crippen LogP contribution is -2.35. The predicted octanol–water partition coefficient (Wildman–Crippen LogP) is 2.57. The second kappa shape index (κ2) is 5.74. The van der Waals surface area contributed by atoms with Gasteiger partial charge in [-0.25, -0.2) is 0 Å². The van der Waals surface area contributed by atoms with E-state index < -0.39 is 5.97 Å². The van der Waals surface area contributed by atoms with Crippen LogP contribution in [0, 0.1) is 23.7 Å². The molecule has 0 spiro atoms. The molecule has 0 aromatic carbocycles. The first kappa shape index (κ1) is 13.9. The van der Waals surface area contributed by atoms with Crippen LogP contribution in [-0.2, 0) is 9.59 Å². The molecule has 0 saturated heterocycles. The number of nitrogens with one attached hydrogen (secondary N) is 1. The van der Waals surface area contributed by atoms with Crippen molar-refractivity contribution in [1.82, 2.24) is 5.32 Å². The molecule has 0 radical (unpaired) electrons. The summed E-state index contributed by atoms with van der Waals surface area (Å²) in [6, 6.07) is 0.0937. The van der Waals surface area contributed by atoms with Crippen molar-refractivity contribution in [1.29, 1.82) is 0 Å². The van der Waals surface area contributed by atoms with E-state index in [0.29, 0.717) is 18.8 Å². The van der Waals surface area contributed by atoms with E-state index in [0.717, 1.165) is 18.8 Å². The molecule has 0 aromatic rings. The molecule has 1 amide bonds. The van der Waals surface area contributed by atoms with Crippen molar-refractivity contribution >= 4 is 11.9 Å². The van der Waals surface area contributed by atoms with Gasteiger partial charge in [-0.3, -0.25) is 9.59 Å². The number of amides is 1. The third-order valence-corrected chi connectivity index (χ3v) is 5.56. The Morgan fingerprint density at radius 2 is 1.70 bits per heavy atom. The topological polar surface area (TPSA) is 66.4 Å². The fraction of sp³-hybridized carbons (Fsp3) is 0.875. The number of aliphatic carboxylic acids is 1. The lowest BCUT2D eigenvalue weighted by atomic mass is 9.85. The average Bonchev–Trinajstić information content (AvgIpc) is 3.12. The molecule has 0 heterocycles. The maximum absolute atomic E-state index is 12.2. The van der Waals surface area contributed by atoms with Crippen LogP contribution in [0.15, 0.2) is 0 Å². The highest BCUT2D eigenvalue weighted by molar-refractivity contribution is 5.82. The van der Waals surface area contributed by atoms with E-state index in [1.807, 2.05) is 0 Å². The Hall–Kier alpha value is -1.06. The maximum Gasteiger partial charge on any atom is 0.306 e. The Kier molecular flexibility index (Phi) is 3.99. The van der Waals surface area contributed by atoms with Crippen LogP contribution >= 0.6 is 0 Å². The van der Waals surface area contributed by atoms with E-state index in [1.54, 1.807) is 0 Å². The smallest absolute Gasteiger partial charge is 0.306 e. The van der Waals surface area contributed by atoms with Crippen LogP contribution < -0.4 is 5.32 Å². The monoisotopic (exact) mass is 279 g/mol. The highest BCUT2D eigenvalue weighted by Gasteiger charge is 2.48. The largest absolute Gasteiger partial charge is 0.481 e. The van der Waals surface area contributed by atoms with Gasteiger partial charge < -0.3 is 10.4 Å². The van der Waals surface area contributed by atoms with Gasteiger partial charge in [-0.15, -0.1) is 0 Å². The molecule has 0 aliphatic heterocycles. The van der Waals surface area contributed by atoms with Gasteiger partial charge in [0.05, 0.1) is 5.92 Å². The molecular formula is C16H25NO3. The number of hydrogen-bond acceptors (Lipinski definition) is 2. The highest BCUT2D eigenvalue weighted by Crippen LogP contribution is 2.49. The van der Waals surface area contributed by atoms with Crippen LogP contribution in [0.3, 0.4) is 0 Å². The van der Waals surface area contributed by atoms with Gasteiger partial charge in [0.15, 0.2) is 0 Å². The maximum atomic E-state index is 12.2. The zero-order valence-corrected chi connectivity index (χ0v) is 12.0. The molecule has 0 bridgehead atoms. The van der Waals surface area contributed by atoms with Gasteiger partial charge in [0, 0.05) is 12.0 Å². The van der Waals surface area contributed by atoms with E-state index in [1.165, 1.54) is 32.1 Å². The quantitative estimate of drug-likeness (QED) is 0.831. The molecule has 3 aliphatic rings. The predicted molar refractivity (Wildman–Crippen MR) is 75.1 cm³/mol. The van der Waals surface area contributed by atoms with Gasteiger partial charge in [-0.05, 0) is 37.5 Å². The van der Waals surface area contributed by atoms with Gasteiger partial charge >= 0.3 is 5.97 Å². The van der Waals surface area contributed by atoms with E-state index >= 15 is 0 Å². The lowest BCUT2D eigenvalue weighted by molar-refractivity contribution is -0.141. The lowest BCUT2D eigenvalue weighted by Gasteiger charge is -2.21. The molecule has 2 unspecified atom stereocenters. The Morgan fingerprint density at radius 1 is 0.950 bits per heavy atom. The molecule has 4 nitrogen and oxygen atoms in total. The van der Waals surface area contributed by atoms with Crippen LogP contribution in [0.5, 0.6) is 0 Å². The van der Waals surface area contributed by atoms with Crippen LogP contribution in [0.2, 0.25) is 0 Å². The number of carbonyl (C=O) groups is 2. The number of carboxylic acid groups (broad SMARTS) is 1. The summed E-state index contributed by atoms with van der Waals surface area (Å²) in [5.74, 6) is 0.835. The summed E-state index contributed by atoms with van der Waals surface area (Å²) in [7, 11) is 0. The van der Waals surface area contributed by atoms with Crippen molar-refractivity contribution in [2.75, 3.05) is 0 Å². The molecular weight excluding hydrogens is 254 g/mol. The third kappa shape index (κ3) is 2.99. The molecule has 3 aliphatic carbocycles. The summed E-state index contributed by atoms with van der Waals surface area (Å²) in [6.07, 6.45) is 9.83. The first-order chi connectivity index (χ1) is 9.65. The average molecular weight is 279 g/mol. The van der Waals surface area contributed by atoms with Gasteiger partial charge in [0.25, 0.3) is 0 Å². The molecule has 112 valence electrons. The van der Waals surface area contributed by atoms with Gasteiger partial charge in [-0.1, -0.05) is 32.1 Å². The molecule has 4 heteroatoms. The Bertz CT molecular complexity index is 389. The van der Waals surface area contributed by atoms with Crippen LogP contribution in [-0.4, -0.2) is 23.0 Å². The Balaban J connectivity index is 1.43. The minimum atomic E-state index is -0.715. The molecule has 4 atom stereocenters. The first-order valence-corrected chi connectivity index (χ1v) is 8.18. The second-order valence-corrected chi connectivity index (χ2v) is 6.96. The van der Waals surface area contributed by atoms with E-state index in [2.05, 4.69) is 5.32 Å². The van der Waals surface area contributed by atoms with Crippen molar-refractivity contribution < 1.29 is 14.7 Å². The van der Waals surface area contributed by atoms with Crippen molar-refractivity contribution in [3.05, 3.63) is 0 Å². The molecule has 0 aromatic heterocycles. The zero-order valence-electron chi connectivity index (χ0n) is 12.0. The second-order valence-electron chi connectivity index (χ2n) is 6.96. The van der Waals surface area contributed by atoms with Gasteiger partial charge in [0.2, 0.25) is 5.91 Å². The third-order valence-electron chi connectivity index (χ3n) is 5.56. The zero-order chi connectivity index (χ0) is 14.1. The van der Waals surface area contributed by atoms with Crippen molar-refractivity contribution in [2.45, 2.75) is 63.8 Å². The summed E-state index contributed by atoms with van der Waals surface area (Å²) in [5.41, 5.74) is 0. The molecule has 20 heavy (non-hydrogen) atoms. The SMILES string of the molecule is O=C(N[C@@H]1CC[C@H](C(=O)O)C1)C1CC1C1CCCCC1. The summed E-state index contributed by atoms with van der Waals surface area (Å²) in [5, 5.41) is 12.1. The normalized spacial score (nSPS) is 37.6.